The summed E-state index contributed by atoms with van der Waals surface area (Å²) in [5.41, 5.74) is 1.40. The van der Waals surface area contributed by atoms with Crippen molar-refractivity contribution in [3.05, 3.63) is 64.1 Å². The molecule has 9 heteroatoms. The highest BCUT2D eigenvalue weighted by Gasteiger charge is 2.41. The lowest BCUT2D eigenvalue weighted by Gasteiger charge is -2.19. The van der Waals surface area contributed by atoms with Crippen LogP contribution in [0.15, 0.2) is 53.0 Å². The summed E-state index contributed by atoms with van der Waals surface area (Å²) in [6.45, 7) is -0.0654. The predicted octanol–water partition coefficient (Wildman–Crippen LogP) is 3.18. The van der Waals surface area contributed by atoms with Crippen molar-refractivity contribution >= 4 is 56.3 Å². The van der Waals surface area contributed by atoms with Crippen LogP contribution in [0, 0.1) is 0 Å². The number of fused-ring (bicyclic) bond motifs is 1. The van der Waals surface area contributed by atoms with Crippen molar-refractivity contribution in [2.75, 3.05) is 18.4 Å². The Labute approximate surface area is 173 Å². The number of thioether (sulfide) groups is 1. The van der Waals surface area contributed by atoms with Crippen molar-refractivity contribution < 1.29 is 19.2 Å². The number of nitrogens with zero attached hydrogens (tertiary/aromatic N) is 2. The Morgan fingerprint density at radius 1 is 0.857 bits per heavy atom. The van der Waals surface area contributed by atoms with Crippen LogP contribution >= 0.6 is 27.7 Å². The summed E-state index contributed by atoms with van der Waals surface area (Å²) in [5.74, 6) is -1.21. The van der Waals surface area contributed by atoms with Crippen LogP contribution in [0.5, 0.6) is 0 Å². The van der Waals surface area contributed by atoms with Crippen molar-refractivity contribution in [1.82, 2.24) is 9.80 Å². The van der Waals surface area contributed by atoms with Gasteiger partial charge in [-0.1, -0.05) is 28.1 Å². The van der Waals surface area contributed by atoms with Crippen LogP contribution < -0.4 is 5.32 Å². The summed E-state index contributed by atoms with van der Waals surface area (Å²) in [5, 5.41) is 1.87. The first-order chi connectivity index (χ1) is 13.5. The molecule has 1 fully saturated rings. The number of benzene rings is 2. The van der Waals surface area contributed by atoms with Gasteiger partial charge in [0.1, 0.15) is 0 Å². The molecule has 2 aromatic carbocycles. The molecule has 2 heterocycles. The van der Waals surface area contributed by atoms with E-state index in [2.05, 4.69) is 21.2 Å². The Hall–Kier alpha value is -2.65. The van der Waals surface area contributed by atoms with Crippen LogP contribution in [0.25, 0.3) is 0 Å². The Kier molecular flexibility index (Phi) is 4.94. The van der Waals surface area contributed by atoms with Crippen molar-refractivity contribution in [2.45, 2.75) is 5.37 Å². The van der Waals surface area contributed by atoms with Gasteiger partial charge in [0, 0.05) is 23.2 Å². The number of nitrogens with one attached hydrogen (secondary N) is 1. The van der Waals surface area contributed by atoms with Gasteiger partial charge in [-0.25, -0.2) is 0 Å². The van der Waals surface area contributed by atoms with Crippen molar-refractivity contribution in [3.8, 4) is 0 Å². The standard InChI is InChI=1S/C19H14BrN3O4S/c20-11-5-7-12(8-6-11)21-15-18(26)23(19(27)28-15)10-9-22-16(24)13-3-1-2-4-14(13)17(22)25/h1-8,15,21H,9-10H2/t15-/m0/s1. The normalized spacial score (nSPS) is 18.8. The fourth-order valence-electron chi connectivity index (χ4n) is 3.08. The minimum Gasteiger partial charge on any atom is -0.365 e. The van der Waals surface area contributed by atoms with Gasteiger partial charge in [0.05, 0.1) is 11.1 Å². The average molecular weight is 460 g/mol. The van der Waals surface area contributed by atoms with Crippen LogP contribution in [-0.4, -0.2) is 51.2 Å². The molecule has 4 amide bonds. The average Bonchev–Trinajstić information content (AvgIpc) is 3.09. The number of halogens is 1. The molecule has 2 aliphatic heterocycles. The van der Waals surface area contributed by atoms with E-state index in [1.165, 1.54) is 0 Å². The van der Waals surface area contributed by atoms with E-state index in [0.29, 0.717) is 16.8 Å². The van der Waals surface area contributed by atoms with Crippen LogP contribution in [-0.2, 0) is 4.79 Å². The highest BCUT2D eigenvalue weighted by atomic mass is 79.9. The molecule has 1 N–H and O–H groups in total. The molecular formula is C19H14BrN3O4S. The van der Waals surface area contributed by atoms with Gasteiger partial charge in [0.25, 0.3) is 23.0 Å². The number of amides is 4. The molecule has 0 spiro atoms. The Balaban J connectivity index is 1.41. The molecular weight excluding hydrogens is 446 g/mol. The number of anilines is 1. The second kappa shape index (κ2) is 7.40. The topological polar surface area (TPSA) is 86.8 Å². The number of carbonyl (C=O) groups excluding carboxylic acids is 4. The third-order valence-electron chi connectivity index (χ3n) is 4.50. The van der Waals surface area contributed by atoms with Gasteiger partial charge in [-0.05, 0) is 48.2 Å². The molecule has 142 valence electrons. The number of hydrogen-bond donors (Lipinski definition) is 1. The second-order valence-corrected chi connectivity index (χ2v) is 8.18. The molecule has 0 radical (unpaired) electrons. The maximum Gasteiger partial charge on any atom is 0.290 e. The van der Waals surface area contributed by atoms with Crippen molar-refractivity contribution in [3.63, 3.8) is 0 Å². The molecule has 0 saturated carbocycles. The first-order valence-corrected chi connectivity index (χ1v) is 10.1. The predicted molar refractivity (Wildman–Crippen MR) is 108 cm³/mol. The second-order valence-electron chi connectivity index (χ2n) is 6.21. The van der Waals surface area contributed by atoms with Crippen LogP contribution in [0.2, 0.25) is 0 Å². The SMILES string of the molecule is O=C1S[C@H](Nc2ccc(Br)cc2)C(=O)N1CCN1C(=O)c2ccccc2C1=O. The zero-order chi connectivity index (χ0) is 19.8. The smallest absolute Gasteiger partial charge is 0.290 e. The Morgan fingerprint density at radius 3 is 2.04 bits per heavy atom. The molecule has 4 rings (SSSR count). The highest BCUT2D eigenvalue weighted by molar-refractivity contribution is 9.10. The van der Waals surface area contributed by atoms with Gasteiger partial charge in [-0.2, -0.15) is 0 Å². The number of hydrogen-bond acceptors (Lipinski definition) is 6. The first kappa shape index (κ1) is 18.7. The first-order valence-electron chi connectivity index (χ1n) is 8.45. The zero-order valence-corrected chi connectivity index (χ0v) is 16.8. The molecule has 28 heavy (non-hydrogen) atoms. The van der Waals surface area contributed by atoms with E-state index in [0.717, 1.165) is 26.0 Å². The molecule has 2 aliphatic rings. The lowest BCUT2D eigenvalue weighted by Crippen LogP contribution is -2.41. The van der Waals surface area contributed by atoms with Gasteiger partial charge < -0.3 is 5.32 Å². The van der Waals surface area contributed by atoms with E-state index in [9.17, 15) is 19.2 Å². The highest BCUT2D eigenvalue weighted by Crippen LogP contribution is 2.29. The molecule has 2 aromatic rings. The lowest BCUT2D eigenvalue weighted by atomic mass is 10.1. The van der Waals surface area contributed by atoms with E-state index < -0.39 is 28.3 Å². The van der Waals surface area contributed by atoms with Gasteiger partial charge >= 0.3 is 0 Å². The molecule has 0 aliphatic carbocycles. The molecule has 0 unspecified atom stereocenters. The summed E-state index contributed by atoms with van der Waals surface area (Å²) in [6.07, 6.45) is 0. The van der Waals surface area contributed by atoms with Crippen LogP contribution in [0.1, 0.15) is 20.7 Å². The summed E-state index contributed by atoms with van der Waals surface area (Å²) in [7, 11) is 0. The number of rotatable bonds is 5. The maximum absolute atomic E-state index is 12.6. The minimum atomic E-state index is -0.740. The van der Waals surface area contributed by atoms with Crippen molar-refractivity contribution in [1.29, 1.82) is 0 Å². The van der Waals surface area contributed by atoms with E-state index >= 15 is 0 Å². The summed E-state index contributed by atoms with van der Waals surface area (Å²) >= 11 is 4.22. The van der Waals surface area contributed by atoms with E-state index in [1.54, 1.807) is 36.4 Å². The zero-order valence-electron chi connectivity index (χ0n) is 14.4. The van der Waals surface area contributed by atoms with E-state index in [4.69, 9.17) is 0 Å². The fourth-order valence-corrected chi connectivity index (χ4v) is 4.28. The molecule has 0 bridgehead atoms. The molecule has 1 saturated heterocycles. The maximum atomic E-state index is 12.6. The third kappa shape index (κ3) is 3.31. The minimum absolute atomic E-state index is 0.0324. The summed E-state index contributed by atoms with van der Waals surface area (Å²) < 4.78 is 0.905. The Morgan fingerprint density at radius 2 is 1.43 bits per heavy atom. The molecule has 1 atom stereocenters. The molecule has 7 nitrogen and oxygen atoms in total. The monoisotopic (exact) mass is 459 g/mol. The quantitative estimate of drug-likeness (QED) is 0.690. The summed E-state index contributed by atoms with van der Waals surface area (Å²) in [6, 6.07) is 13.8. The lowest BCUT2D eigenvalue weighted by molar-refractivity contribution is -0.126. The van der Waals surface area contributed by atoms with Gasteiger partial charge in [0.2, 0.25) is 0 Å². The fraction of sp³-hybridized carbons (Fsp3) is 0.158. The largest absolute Gasteiger partial charge is 0.365 e. The van der Waals surface area contributed by atoms with Gasteiger partial charge in [-0.3, -0.25) is 29.0 Å². The van der Waals surface area contributed by atoms with Crippen LogP contribution in [0.4, 0.5) is 10.5 Å². The number of carbonyl (C=O) groups is 4. The van der Waals surface area contributed by atoms with E-state index in [-0.39, 0.29) is 13.1 Å². The van der Waals surface area contributed by atoms with E-state index in [1.807, 2.05) is 12.1 Å². The van der Waals surface area contributed by atoms with Crippen LogP contribution in [0.3, 0.4) is 0 Å². The third-order valence-corrected chi connectivity index (χ3v) is 6.00. The molecule has 0 aromatic heterocycles. The van der Waals surface area contributed by atoms with Gasteiger partial charge in [-0.15, -0.1) is 0 Å². The van der Waals surface area contributed by atoms with Crippen molar-refractivity contribution in [2.24, 2.45) is 0 Å². The summed E-state index contributed by atoms with van der Waals surface area (Å²) in [4.78, 5) is 51.8. The Bertz CT molecular complexity index is 960. The number of imide groups is 2. The van der Waals surface area contributed by atoms with Gasteiger partial charge in [0.15, 0.2) is 5.37 Å².